The molecule has 1 aliphatic rings. The van der Waals surface area contributed by atoms with Crippen molar-refractivity contribution in [3.63, 3.8) is 0 Å². The molecule has 9 heteroatoms. The number of para-hydroxylation sites is 1. The van der Waals surface area contributed by atoms with Crippen LogP contribution in [-0.4, -0.2) is 16.8 Å². The van der Waals surface area contributed by atoms with E-state index in [1.807, 2.05) is 0 Å². The van der Waals surface area contributed by atoms with Gasteiger partial charge >= 0.3 is 5.97 Å². The van der Waals surface area contributed by atoms with E-state index < -0.39 is 10.9 Å². The monoisotopic (exact) mass is 428 g/mol. The zero-order valence-corrected chi connectivity index (χ0v) is 16.0. The van der Waals surface area contributed by atoms with E-state index in [2.05, 4.69) is 4.99 Å². The summed E-state index contributed by atoms with van der Waals surface area (Å²) < 4.78 is 10.8. The molecule has 2 aromatic carbocycles. The Morgan fingerprint density at radius 3 is 2.59 bits per heavy atom. The summed E-state index contributed by atoms with van der Waals surface area (Å²) >= 11 is 11.9. The Hall–Kier alpha value is -3.42. The molecule has 0 aliphatic carbocycles. The Labute approximate surface area is 174 Å². The SMILES string of the molecule is O=C1OC(c2ccc(Cl)c(Cl)c2)=N/C1=C\c1ccc(-c2ccccc2[N+](=O)[O-])o1. The quantitative estimate of drug-likeness (QED) is 0.236. The summed E-state index contributed by atoms with van der Waals surface area (Å²) in [4.78, 5) is 27.0. The van der Waals surface area contributed by atoms with Crippen LogP contribution < -0.4 is 0 Å². The molecular weight excluding hydrogens is 419 g/mol. The van der Waals surface area contributed by atoms with Gasteiger partial charge in [-0.2, -0.15) is 0 Å². The van der Waals surface area contributed by atoms with Gasteiger partial charge in [0.25, 0.3) is 5.69 Å². The lowest BCUT2D eigenvalue weighted by molar-refractivity contribution is -0.384. The first-order valence-corrected chi connectivity index (χ1v) is 8.99. The number of ether oxygens (including phenoxy) is 1. The van der Waals surface area contributed by atoms with Crippen molar-refractivity contribution < 1.29 is 18.9 Å². The van der Waals surface area contributed by atoms with Crippen LogP contribution in [0.2, 0.25) is 10.0 Å². The van der Waals surface area contributed by atoms with Gasteiger partial charge in [-0.1, -0.05) is 35.3 Å². The molecule has 144 valence electrons. The highest BCUT2D eigenvalue weighted by atomic mass is 35.5. The van der Waals surface area contributed by atoms with E-state index in [0.29, 0.717) is 32.7 Å². The second kappa shape index (κ2) is 7.54. The largest absolute Gasteiger partial charge is 0.456 e. The van der Waals surface area contributed by atoms with Crippen LogP contribution in [0.15, 0.2) is 69.7 Å². The summed E-state index contributed by atoms with van der Waals surface area (Å²) in [6, 6.07) is 14.1. The van der Waals surface area contributed by atoms with Gasteiger partial charge in [0, 0.05) is 17.7 Å². The Morgan fingerprint density at radius 2 is 1.83 bits per heavy atom. The average molecular weight is 429 g/mol. The second-order valence-corrected chi connectivity index (χ2v) is 6.76. The van der Waals surface area contributed by atoms with Crippen LogP contribution in [0, 0.1) is 10.1 Å². The van der Waals surface area contributed by atoms with Crippen molar-refractivity contribution in [2.45, 2.75) is 0 Å². The molecule has 0 saturated carbocycles. The zero-order chi connectivity index (χ0) is 20.5. The van der Waals surface area contributed by atoms with Crippen molar-refractivity contribution >= 4 is 46.8 Å². The minimum Gasteiger partial charge on any atom is -0.456 e. The number of nitrogens with zero attached hydrogens (tertiary/aromatic N) is 2. The minimum absolute atomic E-state index is 0.0227. The first kappa shape index (κ1) is 18.9. The van der Waals surface area contributed by atoms with Crippen molar-refractivity contribution in [2.75, 3.05) is 0 Å². The fourth-order valence-corrected chi connectivity index (χ4v) is 3.01. The molecule has 0 radical (unpaired) electrons. The maximum atomic E-state index is 12.1. The molecule has 4 rings (SSSR count). The van der Waals surface area contributed by atoms with Gasteiger partial charge in [0.2, 0.25) is 5.90 Å². The van der Waals surface area contributed by atoms with Gasteiger partial charge < -0.3 is 9.15 Å². The summed E-state index contributed by atoms with van der Waals surface area (Å²) in [6.07, 6.45) is 1.39. The second-order valence-electron chi connectivity index (χ2n) is 5.94. The molecule has 0 bridgehead atoms. The van der Waals surface area contributed by atoms with Gasteiger partial charge in [0.15, 0.2) is 5.70 Å². The topological polar surface area (TPSA) is 94.9 Å². The Morgan fingerprint density at radius 1 is 1.03 bits per heavy atom. The van der Waals surface area contributed by atoms with E-state index in [-0.39, 0.29) is 17.3 Å². The number of furan rings is 1. The Bertz CT molecular complexity index is 1210. The maximum absolute atomic E-state index is 12.1. The van der Waals surface area contributed by atoms with E-state index in [1.165, 1.54) is 12.1 Å². The van der Waals surface area contributed by atoms with Gasteiger partial charge in [-0.25, -0.2) is 9.79 Å². The highest BCUT2D eigenvalue weighted by Gasteiger charge is 2.25. The number of carbonyl (C=O) groups excluding carboxylic acids is 1. The molecular formula is C20H10Cl2N2O5. The fraction of sp³-hybridized carbons (Fsp3) is 0. The van der Waals surface area contributed by atoms with Gasteiger partial charge in [-0.15, -0.1) is 0 Å². The zero-order valence-electron chi connectivity index (χ0n) is 14.5. The first-order valence-electron chi connectivity index (χ1n) is 8.24. The van der Waals surface area contributed by atoms with E-state index in [0.717, 1.165) is 0 Å². The number of cyclic esters (lactones) is 1. The number of halogens is 2. The van der Waals surface area contributed by atoms with Crippen molar-refractivity contribution in [2.24, 2.45) is 4.99 Å². The number of nitro benzene ring substituents is 1. The minimum atomic E-state index is -0.658. The van der Waals surface area contributed by atoms with Gasteiger partial charge in [0.1, 0.15) is 11.5 Å². The maximum Gasteiger partial charge on any atom is 0.363 e. The van der Waals surface area contributed by atoms with Crippen LogP contribution in [0.3, 0.4) is 0 Å². The Balaban J connectivity index is 1.65. The third kappa shape index (κ3) is 3.78. The van der Waals surface area contributed by atoms with E-state index in [1.54, 1.807) is 48.5 Å². The summed E-state index contributed by atoms with van der Waals surface area (Å²) in [5.74, 6) is 0.0217. The lowest BCUT2D eigenvalue weighted by Crippen LogP contribution is -2.05. The standard InChI is InChI=1S/C20H10Cl2N2O5/c21-14-7-5-11(9-15(14)22)19-23-16(20(25)29-19)10-12-6-8-18(28-12)13-3-1-2-4-17(13)24(26)27/h1-10H/b16-10-. The number of esters is 1. The van der Waals surface area contributed by atoms with E-state index in [9.17, 15) is 14.9 Å². The fourth-order valence-electron chi connectivity index (χ4n) is 2.71. The lowest BCUT2D eigenvalue weighted by Gasteiger charge is -2.01. The van der Waals surface area contributed by atoms with Gasteiger partial charge in [0.05, 0.1) is 20.5 Å². The molecule has 1 aromatic heterocycles. The molecule has 1 aliphatic heterocycles. The van der Waals surface area contributed by atoms with Crippen LogP contribution in [0.5, 0.6) is 0 Å². The molecule has 0 atom stereocenters. The summed E-state index contributed by atoms with van der Waals surface area (Å²) in [6.45, 7) is 0. The summed E-state index contributed by atoms with van der Waals surface area (Å²) in [5, 5.41) is 11.9. The average Bonchev–Trinajstić information content (AvgIpc) is 3.31. The van der Waals surface area contributed by atoms with Gasteiger partial charge in [-0.05, 0) is 36.4 Å². The molecule has 2 heterocycles. The van der Waals surface area contributed by atoms with Crippen molar-refractivity contribution in [1.29, 1.82) is 0 Å². The highest BCUT2D eigenvalue weighted by molar-refractivity contribution is 6.42. The molecule has 0 N–H and O–H groups in total. The third-order valence-electron chi connectivity index (χ3n) is 4.06. The third-order valence-corrected chi connectivity index (χ3v) is 4.80. The van der Waals surface area contributed by atoms with Crippen LogP contribution in [0.25, 0.3) is 17.4 Å². The number of hydrogen-bond acceptors (Lipinski definition) is 6. The van der Waals surface area contributed by atoms with Crippen LogP contribution in [0.1, 0.15) is 11.3 Å². The van der Waals surface area contributed by atoms with Crippen LogP contribution >= 0.6 is 23.2 Å². The molecule has 0 fully saturated rings. The predicted octanol–water partition coefficient (Wildman–Crippen LogP) is 5.51. The highest BCUT2D eigenvalue weighted by Crippen LogP contribution is 2.32. The van der Waals surface area contributed by atoms with E-state index >= 15 is 0 Å². The first-order chi connectivity index (χ1) is 13.9. The number of aliphatic imine (C=N–C) groups is 1. The van der Waals surface area contributed by atoms with E-state index in [4.69, 9.17) is 32.4 Å². The molecule has 0 unspecified atom stereocenters. The number of benzene rings is 2. The smallest absolute Gasteiger partial charge is 0.363 e. The van der Waals surface area contributed by atoms with Crippen molar-refractivity contribution in [3.8, 4) is 11.3 Å². The predicted molar refractivity (Wildman–Crippen MR) is 108 cm³/mol. The normalized spacial score (nSPS) is 14.8. The van der Waals surface area contributed by atoms with Crippen molar-refractivity contribution in [3.05, 3.63) is 91.8 Å². The number of hydrogen-bond donors (Lipinski definition) is 0. The van der Waals surface area contributed by atoms with Crippen molar-refractivity contribution in [1.82, 2.24) is 0 Å². The number of carbonyl (C=O) groups is 1. The molecule has 3 aromatic rings. The molecule has 29 heavy (non-hydrogen) atoms. The van der Waals surface area contributed by atoms with Gasteiger partial charge in [-0.3, -0.25) is 10.1 Å². The molecule has 7 nitrogen and oxygen atoms in total. The van der Waals surface area contributed by atoms with Crippen LogP contribution in [0.4, 0.5) is 5.69 Å². The molecule has 0 spiro atoms. The summed E-state index contributed by atoms with van der Waals surface area (Å²) in [7, 11) is 0. The van der Waals surface area contributed by atoms with Crippen LogP contribution in [-0.2, 0) is 9.53 Å². The number of rotatable bonds is 4. The molecule has 0 saturated heterocycles. The molecule has 0 amide bonds. The lowest BCUT2D eigenvalue weighted by atomic mass is 10.1. The summed E-state index contributed by atoms with van der Waals surface area (Å²) in [5.41, 5.74) is 0.767. The Kier molecular flexibility index (Phi) is 4.92. The number of nitro groups is 1.